The highest BCUT2D eigenvalue weighted by molar-refractivity contribution is 5.80. The Hall–Kier alpha value is -1.60. The van der Waals surface area contributed by atoms with Crippen molar-refractivity contribution < 1.29 is 4.74 Å². The number of nitrogens with zero attached hydrogens (tertiary/aromatic N) is 5. The van der Waals surface area contributed by atoms with E-state index in [1.165, 1.54) is 6.42 Å². The van der Waals surface area contributed by atoms with Crippen molar-refractivity contribution in [1.29, 1.82) is 0 Å². The minimum atomic E-state index is 0.642. The third kappa shape index (κ3) is 4.45. The second-order valence-corrected chi connectivity index (χ2v) is 6.16. The van der Waals surface area contributed by atoms with Crippen LogP contribution in [0.3, 0.4) is 0 Å². The van der Waals surface area contributed by atoms with Crippen molar-refractivity contribution in [3.63, 3.8) is 0 Å². The molecule has 1 aromatic heterocycles. The van der Waals surface area contributed by atoms with Crippen LogP contribution in [0.5, 0.6) is 0 Å². The first-order valence-electron chi connectivity index (χ1n) is 8.60. The van der Waals surface area contributed by atoms with E-state index in [0.717, 1.165) is 64.9 Å². The standard InChI is InChI=1S/C16H28N6O/c1-17-16(19-4-2-6-20-8-5-18-14-20)22-7-3-15(13-22)21-9-11-23-12-10-21/h5,8,14-15H,2-4,6-7,9-13H2,1H3,(H,17,19). The molecule has 7 nitrogen and oxygen atoms in total. The first kappa shape index (κ1) is 16.3. The Bertz CT molecular complexity index is 483. The first-order chi connectivity index (χ1) is 11.4. The Morgan fingerprint density at radius 3 is 2.96 bits per heavy atom. The lowest BCUT2D eigenvalue weighted by Crippen LogP contribution is -2.46. The summed E-state index contributed by atoms with van der Waals surface area (Å²) in [4.78, 5) is 13.5. The van der Waals surface area contributed by atoms with Gasteiger partial charge < -0.3 is 19.5 Å². The Balaban J connectivity index is 1.40. The van der Waals surface area contributed by atoms with Crippen LogP contribution in [0, 0.1) is 0 Å². The highest BCUT2D eigenvalue weighted by Crippen LogP contribution is 2.16. The van der Waals surface area contributed by atoms with Gasteiger partial charge in [0.25, 0.3) is 0 Å². The van der Waals surface area contributed by atoms with Gasteiger partial charge in [0.15, 0.2) is 5.96 Å². The second kappa shape index (κ2) is 8.31. The molecule has 0 bridgehead atoms. The van der Waals surface area contributed by atoms with Crippen LogP contribution in [0.15, 0.2) is 23.7 Å². The number of imidazole rings is 1. The van der Waals surface area contributed by atoms with E-state index in [-0.39, 0.29) is 0 Å². The highest BCUT2D eigenvalue weighted by Gasteiger charge is 2.30. The molecule has 2 aliphatic rings. The average molecular weight is 320 g/mol. The second-order valence-electron chi connectivity index (χ2n) is 6.16. The van der Waals surface area contributed by atoms with E-state index in [1.54, 1.807) is 0 Å². The molecule has 2 aliphatic heterocycles. The molecule has 3 rings (SSSR count). The predicted octanol–water partition coefficient (Wildman–Crippen LogP) is 0.255. The summed E-state index contributed by atoms with van der Waals surface area (Å²) in [5.41, 5.74) is 0. The molecule has 0 spiro atoms. The molecule has 23 heavy (non-hydrogen) atoms. The minimum absolute atomic E-state index is 0.642. The molecule has 0 saturated carbocycles. The first-order valence-corrected chi connectivity index (χ1v) is 8.60. The Morgan fingerprint density at radius 1 is 1.35 bits per heavy atom. The molecule has 128 valence electrons. The number of rotatable bonds is 5. The number of aromatic nitrogens is 2. The lowest BCUT2D eigenvalue weighted by molar-refractivity contribution is 0.0195. The minimum Gasteiger partial charge on any atom is -0.379 e. The molecule has 3 heterocycles. The molecule has 1 unspecified atom stereocenters. The van der Waals surface area contributed by atoms with Crippen LogP contribution in [-0.2, 0) is 11.3 Å². The van der Waals surface area contributed by atoms with Gasteiger partial charge in [0, 0.05) is 64.8 Å². The summed E-state index contributed by atoms with van der Waals surface area (Å²) in [6.45, 7) is 7.95. The van der Waals surface area contributed by atoms with Crippen molar-refractivity contribution in [3.8, 4) is 0 Å². The zero-order chi connectivity index (χ0) is 15.9. The molecule has 0 aromatic carbocycles. The van der Waals surface area contributed by atoms with Crippen LogP contribution in [0.25, 0.3) is 0 Å². The number of aliphatic imine (C=N–C) groups is 1. The SMILES string of the molecule is CN=C(NCCCn1ccnc1)N1CCC(N2CCOCC2)C1. The number of ether oxygens (including phenoxy) is 1. The maximum absolute atomic E-state index is 5.45. The van der Waals surface area contributed by atoms with Crippen LogP contribution in [0.2, 0.25) is 0 Å². The molecule has 7 heteroatoms. The van der Waals surface area contributed by atoms with E-state index in [9.17, 15) is 0 Å². The fraction of sp³-hybridized carbons (Fsp3) is 0.750. The molecule has 0 radical (unpaired) electrons. The number of hydrogen-bond acceptors (Lipinski definition) is 4. The third-order valence-corrected chi connectivity index (χ3v) is 4.67. The number of likely N-dealkylation sites (tertiary alicyclic amines) is 1. The van der Waals surface area contributed by atoms with Crippen molar-refractivity contribution in [2.24, 2.45) is 4.99 Å². The van der Waals surface area contributed by atoms with Gasteiger partial charge in [0.1, 0.15) is 0 Å². The van der Waals surface area contributed by atoms with Gasteiger partial charge in [-0.1, -0.05) is 0 Å². The summed E-state index contributed by atoms with van der Waals surface area (Å²) in [5.74, 6) is 1.03. The van der Waals surface area contributed by atoms with Gasteiger partial charge in [0.05, 0.1) is 19.5 Å². The lowest BCUT2D eigenvalue weighted by atomic mass is 10.2. The number of aryl methyl sites for hydroxylation is 1. The van der Waals surface area contributed by atoms with Crippen LogP contribution < -0.4 is 5.32 Å². The largest absolute Gasteiger partial charge is 0.379 e. The fourth-order valence-corrected chi connectivity index (χ4v) is 3.39. The van der Waals surface area contributed by atoms with Crippen LogP contribution >= 0.6 is 0 Å². The topological polar surface area (TPSA) is 57.9 Å². The van der Waals surface area contributed by atoms with Gasteiger partial charge in [-0.3, -0.25) is 9.89 Å². The van der Waals surface area contributed by atoms with Crippen molar-refractivity contribution >= 4 is 5.96 Å². The highest BCUT2D eigenvalue weighted by atomic mass is 16.5. The Kier molecular flexibility index (Phi) is 5.87. The molecule has 0 aliphatic carbocycles. The van der Waals surface area contributed by atoms with Gasteiger partial charge >= 0.3 is 0 Å². The summed E-state index contributed by atoms with van der Waals surface area (Å²) in [6, 6.07) is 0.642. The van der Waals surface area contributed by atoms with Crippen LogP contribution in [0.1, 0.15) is 12.8 Å². The summed E-state index contributed by atoms with van der Waals surface area (Å²) in [7, 11) is 1.88. The number of guanidine groups is 1. The quantitative estimate of drug-likeness (QED) is 0.479. The molecular weight excluding hydrogens is 292 g/mol. The van der Waals surface area contributed by atoms with Gasteiger partial charge in [0.2, 0.25) is 0 Å². The van der Waals surface area contributed by atoms with Crippen molar-refractivity contribution in [1.82, 2.24) is 24.7 Å². The van der Waals surface area contributed by atoms with E-state index < -0.39 is 0 Å². The summed E-state index contributed by atoms with van der Waals surface area (Å²) >= 11 is 0. The van der Waals surface area contributed by atoms with Crippen molar-refractivity contribution in [2.45, 2.75) is 25.4 Å². The molecule has 1 aromatic rings. The molecule has 0 amide bonds. The molecule has 2 fully saturated rings. The number of hydrogen-bond donors (Lipinski definition) is 1. The van der Waals surface area contributed by atoms with Crippen LogP contribution in [-0.4, -0.2) is 84.3 Å². The van der Waals surface area contributed by atoms with Crippen molar-refractivity contribution in [3.05, 3.63) is 18.7 Å². The smallest absolute Gasteiger partial charge is 0.193 e. The van der Waals surface area contributed by atoms with E-state index in [0.29, 0.717) is 6.04 Å². The van der Waals surface area contributed by atoms with Gasteiger partial charge in [-0.2, -0.15) is 0 Å². The summed E-state index contributed by atoms with van der Waals surface area (Å²) in [6.07, 6.45) is 7.97. The fourth-order valence-electron chi connectivity index (χ4n) is 3.39. The predicted molar refractivity (Wildman–Crippen MR) is 90.6 cm³/mol. The van der Waals surface area contributed by atoms with Crippen molar-refractivity contribution in [2.75, 3.05) is 53.0 Å². The Morgan fingerprint density at radius 2 is 2.22 bits per heavy atom. The van der Waals surface area contributed by atoms with E-state index >= 15 is 0 Å². The number of morpholine rings is 1. The number of nitrogens with one attached hydrogen (secondary N) is 1. The molecule has 1 atom stereocenters. The molecule has 1 N–H and O–H groups in total. The third-order valence-electron chi connectivity index (χ3n) is 4.67. The van der Waals surface area contributed by atoms with Gasteiger partial charge in [-0.15, -0.1) is 0 Å². The maximum Gasteiger partial charge on any atom is 0.193 e. The average Bonchev–Trinajstić information content (AvgIpc) is 3.27. The summed E-state index contributed by atoms with van der Waals surface area (Å²) in [5, 5.41) is 3.50. The monoisotopic (exact) mass is 320 g/mol. The normalized spacial score (nSPS) is 23.4. The maximum atomic E-state index is 5.45. The zero-order valence-electron chi connectivity index (χ0n) is 14.0. The van der Waals surface area contributed by atoms with Gasteiger partial charge in [-0.25, -0.2) is 4.98 Å². The molecular formula is C16H28N6O. The van der Waals surface area contributed by atoms with E-state index in [4.69, 9.17) is 4.74 Å². The van der Waals surface area contributed by atoms with Crippen LogP contribution in [0.4, 0.5) is 0 Å². The van der Waals surface area contributed by atoms with Gasteiger partial charge in [-0.05, 0) is 12.8 Å². The van der Waals surface area contributed by atoms with E-state index in [2.05, 4.69) is 29.7 Å². The molecule has 2 saturated heterocycles. The van der Waals surface area contributed by atoms with E-state index in [1.807, 2.05) is 25.8 Å². The lowest BCUT2D eigenvalue weighted by Gasteiger charge is -2.32. The Labute approximate surface area is 138 Å². The zero-order valence-corrected chi connectivity index (χ0v) is 14.0. The summed E-state index contributed by atoms with van der Waals surface area (Å²) < 4.78 is 7.56.